The number of rotatable bonds is 3. The van der Waals surface area contributed by atoms with Gasteiger partial charge in [-0.3, -0.25) is 9.88 Å². The number of piperazine rings is 1. The van der Waals surface area contributed by atoms with Gasteiger partial charge in [0.1, 0.15) is 0 Å². The van der Waals surface area contributed by atoms with E-state index in [2.05, 4.69) is 9.88 Å². The molecule has 2 N–H and O–H groups in total. The van der Waals surface area contributed by atoms with E-state index in [1.807, 2.05) is 18.2 Å². The summed E-state index contributed by atoms with van der Waals surface area (Å²) in [4.78, 5) is 6.41. The SMILES string of the molecule is NS(=O)(=O)N1CCN(Cc2ccccn2)CC1. The molecular formula is C10H16N4O2S. The van der Waals surface area contributed by atoms with Crippen molar-refractivity contribution in [3.8, 4) is 0 Å². The molecule has 1 aromatic rings. The van der Waals surface area contributed by atoms with Crippen LogP contribution in [0, 0.1) is 0 Å². The fourth-order valence-electron chi connectivity index (χ4n) is 1.86. The van der Waals surface area contributed by atoms with Crippen LogP contribution in [0.2, 0.25) is 0 Å². The first-order valence-electron chi connectivity index (χ1n) is 5.46. The highest BCUT2D eigenvalue weighted by Crippen LogP contribution is 2.07. The van der Waals surface area contributed by atoms with Gasteiger partial charge in [0.25, 0.3) is 10.2 Å². The molecule has 94 valence electrons. The zero-order chi connectivity index (χ0) is 12.3. The van der Waals surface area contributed by atoms with Crippen molar-refractivity contribution in [1.82, 2.24) is 14.2 Å². The summed E-state index contributed by atoms with van der Waals surface area (Å²) in [7, 11) is -3.53. The third kappa shape index (κ3) is 3.47. The number of aromatic nitrogens is 1. The third-order valence-electron chi connectivity index (χ3n) is 2.80. The first-order valence-corrected chi connectivity index (χ1v) is 6.96. The van der Waals surface area contributed by atoms with E-state index in [4.69, 9.17) is 5.14 Å². The molecule has 1 saturated heterocycles. The summed E-state index contributed by atoms with van der Waals surface area (Å²) in [5.74, 6) is 0. The predicted molar refractivity (Wildman–Crippen MR) is 64.2 cm³/mol. The quantitative estimate of drug-likeness (QED) is 0.783. The maximum atomic E-state index is 11.1. The van der Waals surface area contributed by atoms with Crippen molar-refractivity contribution in [2.75, 3.05) is 26.2 Å². The molecule has 0 bridgehead atoms. The number of hydrogen-bond donors (Lipinski definition) is 1. The summed E-state index contributed by atoms with van der Waals surface area (Å²) >= 11 is 0. The van der Waals surface area contributed by atoms with Crippen molar-refractivity contribution in [2.45, 2.75) is 6.54 Å². The second kappa shape index (κ2) is 5.09. The lowest BCUT2D eigenvalue weighted by molar-refractivity contribution is 0.180. The van der Waals surface area contributed by atoms with Crippen LogP contribution in [-0.4, -0.2) is 48.8 Å². The predicted octanol–water partition coefficient (Wildman–Crippen LogP) is -0.597. The van der Waals surface area contributed by atoms with Gasteiger partial charge in [0, 0.05) is 38.9 Å². The Morgan fingerprint density at radius 1 is 1.24 bits per heavy atom. The van der Waals surface area contributed by atoms with Gasteiger partial charge >= 0.3 is 0 Å². The molecule has 0 saturated carbocycles. The van der Waals surface area contributed by atoms with E-state index < -0.39 is 10.2 Å². The van der Waals surface area contributed by atoms with Crippen LogP contribution < -0.4 is 5.14 Å². The van der Waals surface area contributed by atoms with Crippen LogP contribution in [0.5, 0.6) is 0 Å². The number of pyridine rings is 1. The molecule has 7 heteroatoms. The van der Waals surface area contributed by atoms with Gasteiger partial charge in [-0.15, -0.1) is 0 Å². The van der Waals surface area contributed by atoms with Crippen molar-refractivity contribution < 1.29 is 8.42 Å². The van der Waals surface area contributed by atoms with E-state index in [1.54, 1.807) is 6.20 Å². The Labute approximate surface area is 101 Å². The molecule has 2 rings (SSSR count). The van der Waals surface area contributed by atoms with Gasteiger partial charge in [-0.05, 0) is 12.1 Å². The van der Waals surface area contributed by atoms with E-state index in [1.165, 1.54) is 4.31 Å². The Morgan fingerprint density at radius 3 is 2.47 bits per heavy atom. The van der Waals surface area contributed by atoms with Crippen LogP contribution in [0.15, 0.2) is 24.4 Å². The molecule has 1 aliphatic heterocycles. The molecular weight excluding hydrogens is 240 g/mol. The summed E-state index contributed by atoms with van der Waals surface area (Å²) in [6.45, 7) is 3.02. The van der Waals surface area contributed by atoms with Gasteiger partial charge in [0.05, 0.1) is 5.69 Å². The third-order valence-corrected chi connectivity index (χ3v) is 3.89. The molecule has 6 nitrogen and oxygen atoms in total. The van der Waals surface area contributed by atoms with Gasteiger partial charge in [0.2, 0.25) is 0 Å². The second-order valence-corrected chi connectivity index (χ2v) is 5.59. The molecule has 0 radical (unpaired) electrons. The van der Waals surface area contributed by atoms with E-state index in [-0.39, 0.29) is 0 Å². The number of nitrogens with zero attached hydrogens (tertiary/aromatic N) is 3. The molecule has 0 aromatic carbocycles. The summed E-state index contributed by atoms with van der Waals surface area (Å²) in [6.07, 6.45) is 1.76. The van der Waals surface area contributed by atoms with Crippen molar-refractivity contribution in [2.24, 2.45) is 5.14 Å². The van der Waals surface area contributed by atoms with Crippen molar-refractivity contribution in [3.05, 3.63) is 30.1 Å². The smallest absolute Gasteiger partial charge is 0.276 e. The van der Waals surface area contributed by atoms with Crippen LogP contribution >= 0.6 is 0 Å². The lowest BCUT2D eigenvalue weighted by Gasteiger charge is -2.32. The summed E-state index contributed by atoms with van der Waals surface area (Å²) in [6, 6.07) is 5.79. The molecule has 0 atom stereocenters. The summed E-state index contributed by atoms with van der Waals surface area (Å²) in [5, 5.41) is 5.08. The van der Waals surface area contributed by atoms with E-state index in [9.17, 15) is 8.42 Å². The fourth-order valence-corrected chi connectivity index (χ4v) is 2.54. The van der Waals surface area contributed by atoms with Crippen LogP contribution in [-0.2, 0) is 16.8 Å². The Morgan fingerprint density at radius 2 is 1.94 bits per heavy atom. The zero-order valence-electron chi connectivity index (χ0n) is 9.49. The largest absolute Gasteiger partial charge is 0.295 e. The van der Waals surface area contributed by atoms with Gasteiger partial charge < -0.3 is 0 Å². The van der Waals surface area contributed by atoms with Gasteiger partial charge in [-0.2, -0.15) is 12.7 Å². The van der Waals surface area contributed by atoms with Gasteiger partial charge in [-0.25, -0.2) is 5.14 Å². The van der Waals surface area contributed by atoms with Crippen molar-refractivity contribution in [1.29, 1.82) is 0 Å². The van der Waals surface area contributed by atoms with Gasteiger partial charge in [-0.1, -0.05) is 6.07 Å². The molecule has 2 heterocycles. The van der Waals surface area contributed by atoms with Gasteiger partial charge in [0.15, 0.2) is 0 Å². The number of hydrogen-bond acceptors (Lipinski definition) is 4. The molecule has 0 aliphatic carbocycles. The Balaban J connectivity index is 1.88. The first-order chi connectivity index (χ1) is 8.05. The lowest BCUT2D eigenvalue weighted by atomic mass is 10.3. The molecule has 0 spiro atoms. The maximum Gasteiger partial charge on any atom is 0.276 e. The topological polar surface area (TPSA) is 79.5 Å². The summed E-state index contributed by atoms with van der Waals surface area (Å²) < 4.78 is 23.6. The minimum absolute atomic E-state index is 0.450. The van der Waals surface area contributed by atoms with Crippen LogP contribution in [0.3, 0.4) is 0 Å². The van der Waals surface area contributed by atoms with E-state index in [0.29, 0.717) is 26.2 Å². The molecule has 0 unspecified atom stereocenters. The molecule has 1 fully saturated rings. The Hall–Kier alpha value is -1.02. The average molecular weight is 256 g/mol. The minimum atomic E-state index is -3.53. The van der Waals surface area contributed by atoms with Crippen LogP contribution in [0.4, 0.5) is 0 Å². The van der Waals surface area contributed by atoms with Crippen LogP contribution in [0.1, 0.15) is 5.69 Å². The standard InChI is InChI=1S/C10H16N4O2S/c11-17(15,16)14-7-5-13(6-8-14)9-10-3-1-2-4-12-10/h1-4H,5-9H2,(H2,11,15,16). The fraction of sp³-hybridized carbons (Fsp3) is 0.500. The highest BCUT2D eigenvalue weighted by atomic mass is 32.2. The monoisotopic (exact) mass is 256 g/mol. The van der Waals surface area contributed by atoms with Crippen molar-refractivity contribution >= 4 is 10.2 Å². The lowest BCUT2D eigenvalue weighted by Crippen LogP contribution is -2.50. The highest BCUT2D eigenvalue weighted by Gasteiger charge is 2.23. The van der Waals surface area contributed by atoms with E-state index >= 15 is 0 Å². The first kappa shape index (κ1) is 12.4. The van der Waals surface area contributed by atoms with E-state index in [0.717, 1.165) is 12.2 Å². The average Bonchev–Trinajstić information content (AvgIpc) is 2.30. The molecule has 1 aliphatic rings. The molecule has 17 heavy (non-hydrogen) atoms. The minimum Gasteiger partial charge on any atom is -0.295 e. The molecule has 1 aromatic heterocycles. The summed E-state index contributed by atoms with van der Waals surface area (Å²) in [5.41, 5.74) is 0.997. The zero-order valence-corrected chi connectivity index (χ0v) is 10.3. The normalized spacial score (nSPS) is 19.4. The Bertz CT molecular complexity index is 454. The van der Waals surface area contributed by atoms with Crippen molar-refractivity contribution in [3.63, 3.8) is 0 Å². The second-order valence-electron chi connectivity index (χ2n) is 4.04. The Kier molecular flexibility index (Phi) is 3.72. The highest BCUT2D eigenvalue weighted by molar-refractivity contribution is 7.86. The molecule has 0 amide bonds. The van der Waals surface area contributed by atoms with Crippen LogP contribution in [0.25, 0.3) is 0 Å². The maximum absolute atomic E-state index is 11.1. The number of nitrogens with two attached hydrogens (primary N) is 1.